The Hall–Kier alpha value is -3.49. The van der Waals surface area contributed by atoms with Crippen molar-refractivity contribution < 1.29 is 33.0 Å². The predicted molar refractivity (Wildman–Crippen MR) is 124 cm³/mol. The number of carboxylic acid groups (broad SMARTS) is 1. The van der Waals surface area contributed by atoms with E-state index in [0.717, 1.165) is 27.2 Å². The second-order valence-electron chi connectivity index (χ2n) is 9.73. The lowest BCUT2D eigenvalue weighted by Crippen LogP contribution is -2.47. The number of hydrogen-bond donors (Lipinski definition) is 2. The number of ether oxygens (including phenoxy) is 1. The smallest absolute Gasteiger partial charge is 0.407 e. The number of nitrogens with zero attached hydrogens (tertiary/aromatic N) is 1. The molecule has 2 aromatic carbocycles. The molecule has 0 unspecified atom stereocenters. The molecule has 186 valence electrons. The zero-order chi connectivity index (χ0) is 25.4. The number of likely N-dealkylation sites (tertiary alicyclic amines) is 1. The first-order valence-electron chi connectivity index (χ1n) is 11.5. The summed E-state index contributed by atoms with van der Waals surface area (Å²) in [5.74, 6) is -5.47. The standard InChI is InChI=1S/C26H28F2N2O5/c1-25(2,23(33)30-15-26(27,28)13-21(30)22(31)32)11-12-29-24(34)35-14-20-18-9-5-3-7-16(18)17-8-4-6-10-19(17)20/h3-10,20-21H,11-15H2,1-2H3,(H,29,34)(H,31,32)/t21-/m1/s1. The van der Waals surface area contributed by atoms with Crippen LogP contribution in [-0.2, 0) is 14.3 Å². The van der Waals surface area contributed by atoms with Gasteiger partial charge in [0.2, 0.25) is 5.91 Å². The number of halogens is 2. The first-order valence-corrected chi connectivity index (χ1v) is 11.5. The predicted octanol–water partition coefficient (Wildman–Crippen LogP) is 4.26. The summed E-state index contributed by atoms with van der Waals surface area (Å²) in [5.41, 5.74) is 3.26. The average molecular weight is 487 g/mol. The maximum absolute atomic E-state index is 13.8. The highest BCUT2D eigenvalue weighted by molar-refractivity contribution is 5.88. The molecule has 1 aliphatic carbocycles. The minimum atomic E-state index is -3.24. The zero-order valence-electron chi connectivity index (χ0n) is 19.6. The van der Waals surface area contributed by atoms with Gasteiger partial charge in [-0.05, 0) is 28.7 Å². The number of aliphatic carboxylic acids is 1. The summed E-state index contributed by atoms with van der Waals surface area (Å²) in [6.45, 7) is 2.38. The quantitative estimate of drug-likeness (QED) is 0.610. The molecule has 2 aliphatic rings. The van der Waals surface area contributed by atoms with Gasteiger partial charge in [0.1, 0.15) is 12.6 Å². The van der Waals surface area contributed by atoms with E-state index in [9.17, 15) is 28.3 Å². The summed E-state index contributed by atoms with van der Waals surface area (Å²) in [6, 6.07) is 14.4. The Morgan fingerprint density at radius 1 is 1.09 bits per heavy atom. The summed E-state index contributed by atoms with van der Waals surface area (Å²) in [5, 5.41) is 11.9. The number of carbonyl (C=O) groups excluding carboxylic acids is 2. The molecule has 7 nitrogen and oxygen atoms in total. The normalized spacial score (nSPS) is 18.6. The zero-order valence-corrected chi connectivity index (χ0v) is 19.6. The lowest BCUT2D eigenvalue weighted by Gasteiger charge is -2.31. The van der Waals surface area contributed by atoms with Crippen LogP contribution in [0.4, 0.5) is 13.6 Å². The van der Waals surface area contributed by atoms with Crippen LogP contribution in [-0.4, -0.2) is 59.6 Å². The van der Waals surface area contributed by atoms with Crippen molar-refractivity contribution >= 4 is 18.0 Å². The fourth-order valence-corrected chi connectivity index (χ4v) is 4.87. The van der Waals surface area contributed by atoms with E-state index >= 15 is 0 Å². The third-order valence-electron chi connectivity index (χ3n) is 6.76. The van der Waals surface area contributed by atoms with Gasteiger partial charge in [-0.3, -0.25) is 4.79 Å². The van der Waals surface area contributed by atoms with Crippen LogP contribution in [0.1, 0.15) is 43.7 Å². The number of nitrogens with one attached hydrogen (secondary N) is 1. The third-order valence-corrected chi connectivity index (χ3v) is 6.76. The summed E-state index contributed by atoms with van der Waals surface area (Å²) in [6.07, 6.45) is -1.42. The van der Waals surface area contributed by atoms with Crippen molar-refractivity contribution in [2.24, 2.45) is 5.41 Å². The molecule has 1 saturated heterocycles. The van der Waals surface area contributed by atoms with E-state index in [-0.39, 0.29) is 25.5 Å². The van der Waals surface area contributed by atoms with Gasteiger partial charge in [-0.15, -0.1) is 0 Å². The van der Waals surface area contributed by atoms with E-state index in [1.165, 1.54) is 0 Å². The molecular formula is C26H28F2N2O5. The number of carbonyl (C=O) groups is 3. The van der Waals surface area contributed by atoms with Crippen molar-refractivity contribution in [1.82, 2.24) is 10.2 Å². The Balaban J connectivity index is 1.31. The molecule has 0 bridgehead atoms. The number of carboxylic acids is 1. The Morgan fingerprint density at radius 3 is 2.23 bits per heavy atom. The van der Waals surface area contributed by atoms with Gasteiger partial charge in [0, 0.05) is 24.3 Å². The van der Waals surface area contributed by atoms with Gasteiger partial charge >= 0.3 is 12.1 Å². The van der Waals surface area contributed by atoms with Gasteiger partial charge < -0.3 is 20.1 Å². The number of alkyl carbamates (subject to hydrolysis) is 1. The van der Waals surface area contributed by atoms with Gasteiger partial charge in [0.25, 0.3) is 5.92 Å². The largest absolute Gasteiger partial charge is 0.480 e. The van der Waals surface area contributed by atoms with Crippen molar-refractivity contribution in [3.63, 3.8) is 0 Å². The van der Waals surface area contributed by atoms with Crippen molar-refractivity contribution in [2.45, 2.75) is 44.6 Å². The molecule has 2 N–H and O–H groups in total. The van der Waals surface area contributed by atoms with Crippen LogP contribution < -0.4 is 5.32 Å². The molecule has 1 atom stereocenters. The van der Waals surface area contributed by atoms with E-state index in [1.807, 2.05) is 48.5 Å². The van der Waals surface area contributed by atoms with Crippen molar-refractivity contribution in [1.29, 1.82) is 0 Å². The van der Waals surface area contributed by atoms with Crippen LogP contribution in [0.2, 0.25) is 0 Å². The van der Waals surface area contributed by atoms with Gasteiger partial charge in [-0.2, -0.15) is 0 Å². The second-order valence-corrected chi connectivity index (χ2v) is 9.73. The summed E-state index contributed by atoms with van der Waals surface area (Å²) in [4.78, 5) is 37.3. The van der Waals surface area contributed by atoms with Crippen molar-refractivity contribution in [3.8, 4) is 11.1 Å². The van der Waals surface area contributed by atoms with Crippen molar-refractivity contribution in [2.75, 3.05) is 19.7 Å². The Kier molecular flexibility index (Phi) is 6.53. The maximum Gasteiger partial charge on any atom is 0.407 e. The molecule has 35 heavy (non-hydrogen) atoms. The van der Waals surface area contributed by atoms with Crippen LogP contribution in [0.25, 0.3) is 11.1 Å². The molecule has 1 aliphatic heterocycles. The Labute approximate surface area is 202 Å². The number of benzene rings is 2. The Bertz CT molecular complexity index is 1100. The molecule has 0 radical (unpaired) electrons. The topological polar surface area (TPSA) is 95.9 Å². The van der Waals surface area contributed by atoms with Crippen LogP contribution in [0.5, 0.6) is 0 Å². The van der Waals surface area contributed by atoms with E-state index in [2.05, 4.69) is 5.32 Å². The second kappa shape index (κ2) is 9.28. The summed E-state index contributed by atoms with van der Waals surface area (Å²) >= 11 is 0. The van der Waals surface area contributed by atoms with Crippen LogP contribution in [0.15, 0.2) is 48.5 Å². The van der Waals surface area contributed by atoms with Crippen LogP contribution >= 0.6 is 0 Å². The first kappa shape index (κ1) is 24.6. The van der Waals surface area contributed by atoms with Crippen LogP contribution in [0.3, 0.4) is 0 Å². The monoisotopic (exact) mass is 486 g/mol. The fourth-order valence-electron chi connectivity index (χ4n) is 4.87. The fraction of sp³-hybridized carbons (Fsp3) is 0.423. The molecule has 9 heteroatoms. The SMILES string of the molecule is CC(C)(CCNC(=O)OCC1c2ccccc2-c2ccccc21)C(=O)N1CC(F)(F)C[C@@H]1C(=O)O. The number of rotatable bonds is 7. The maximum atomic E-state index is 13.8. The van der Waals surface area contributed by atoms with E-state index in [0.29, 0.717) is 0 Å². The Morgan fingerprint density at radius 2 is 1.66 bits per heavy atom. The molecule has 2 aromatic rings. The van der Waals surface area contributed by atoms with E-state index in [4.69, 9.17) is 4.74 Å². The van der Waals surface area contributed by atoms with E-state index < -0.39 is 48.3 Å². The average Bonchev–Trinajstić information content (AvgIpc) is 3.31. The molecule has 2 amide bonds. The number of alkyl halides is 2. The number of hydrogen-bond acceptors (Lipinski definition) is 4. The lowest BCUT2D eigenvalue weighted by atomic mass is 9.87. The third kappa shape index (κ3) is 4.99. The summed E-state index contributed by atoms with van der Waals surface area (Å²) < 4.78 is 33.0. The van der Waals surface area contributed by atoms with Crippen LogP contribution in [0, 0.1) is 5.41 Å². The summed E-state index contributed by atoms with van der Waals surface area (Å²) in [7, 11) is 0. The van der Waals surface area contributed by atoms with Gasteiger partial charge in [0.15, 0.2) is 0 Å². The highest BCUT2D eigenvalue weighted by Gasteiger charge is 2.52. The number of fused-ring (bicyclic) bond motifs is 3. The lowest BCUT2D eigenvalue weighted by molar-refractivity contribution is -0.152. The van der Waals surface area contributed by atoms with Gasteiger partial charge in [-0.25, -0.2) is 18.4 Å². The molecule has 1 heterocycles. The van der Waals surface area contributed by atoms with Gasteiger partial charge in [0.05, 0.1) is 6.54 Å². The van der Waals surface area contributed by atoms with E-state index in [1.54, 1.807) is 13.8 Å². The molecular weight excluding hydrogens is 458 g/mol. The van der Waals surface area contributed by atoms with Gasteiger partial charge in [-0.1, -0.05) is 62.4 Å². The molecule has 0 spiro atoms. The van der Waals surface area contributed by atoms with Crippen molar-refractivity contribution in [3.05, 3.63) is 59.7 Å². The number of amides is 2. The molecule has 0 aromatic heterocycles. The highest BCUT2D eigenvalue weighted by atomic mass is 19.3. The minimum Gasteiger partial charge on any atom is -0.480 e. The highest BCUT2D eigenvalue weighted by Crippen LogP contribution is 2.44. The molecule has 0 saturated carbocycles. The minimum absolute atomic E-state index is 0.0669. The first-order chi connectivity index (χ1) is 16.5. The molecule has 4 rings (SSSR count). The molecule has 1 fully saturated rings.